The largest absolute Gasteiger partial charge is 0.493 e. The number of aromatic nitrogens is 3. The van der Waals surface area contributed by atoms with E-state index in [1.165, 1.54) is 31.3 Å². The second-order valence-corrected chi connectivity index (χ2v) is 15.0. The Kier molecular flexibility index (Phi) is 5.93. The molecule has 160 valence electrons. The van der Waals surface area contributed by atoms with E-state index < -0.39 is 8.07 Å². The van der Waals surface area contributed by atoms with Gasteiger partial charge in [0.05, 0.1) is 17.6 Å². The third kappa shape index (κ3) is 4.90. The lowest BCUT2D eigenvalue weighted by Gasteiger charge is -2.17. The highest BCUT2D eigenvalue weighted by Crippen LogP contribution is 2.36. The molecular weight excluding hydrogens is 397 g/mol. The molecule has 2 aromatic heterocycles. The highest BCUT2D eigenvalue weighted by molar-refractivity contribution is 6.76. The molecule has 2 heterocycles. The first kappa shape index (κ1) is 21.0. The van der Waals surface area contributed by atoms with E-state index >= 15 is 0 Å². The van der Waals surface area contributed by atoms with E-state index in [1.54, 1.807) is 6.07 Å². The molecule has 0 saturated heterocycles. The summed E-state index contributed by atoms with van der Waals surface area (Å²) in [6, 6.07) is 7.77. The highest BCUT2D eigenvalue weighted by Gasteiger charge is 2.24. The summed E-state index contributed by atoms with van der Waals surface area (Å²) in [4.78, 5) is 8.97. The SMILES string of the molecule is Cc1cc2ncnc(-c3cc(F)ccc3OCC3CC3)c2n1COCC[Si](C)(C)C. The van der Waals surface area contributed by atoms with Gasteiger partial charge in [-0.05, 0) is 56.0 Å². The van der Waals surface area contributed by atoms with Gasteiger partial charge in [0.2, 0.25) is 0 Å². The van der Waals surface area contributed by atoms with Crippen LogP contribution in [0.25, 0.3) is 22.3 Å². The van der Waals surface area contributed by atoms with Crippen molar-refractivity contribution in [3.63, 3.8) is 0 Å². The number of ether oxygens (including phenoxy) is 2. The van der Waals surface area contributed by atoms with Gasteiger partial charge >= 0.3 is 0 Å². The predicted molar refractivity (Wildman–Crippen MR) is 120 cm³/mol. The number of fused-ring (bicyclic) bond motifs is 1. The van der Waals surface area contributed by atoms with Crippen molar-refractivity contribution in [1.29, 1.82) is 0 Å². The first-order valence-corrected chi connectivity index (χ1v) is 14.3. The molecule has 3 aromatic rings. The van der Waals surface area contributed by atoms with Gasteiger partial charge in [-0.3, -0.25) is 0 Å². The summed E-state index contributed by atoms with van der Waals surface area (Å²) < 4.78 is 28.3. The first-order chi connectivity index (χ1) is 14.3. The third-order valence-electron chi connectivity index (χ3n) is 5.48. The highest BCUT2D eigenvalue weighted by atomic mass is 28.3. The lowest BCUT2D eigenvalue weighted by Crippen LogP contribution is -2.22. The Labute approximate surface area is 178 Å². The maximum Gasteiger partial charge on any atom is 0.128 e. The molecule has 0 amide bonds. The van der Waals surface area contributed by atoms with Crippen molar-refractivity contribution in [2.24, 2.45) is 5.92 Å². The summed E-state index contributed by atoms with van der Waals surface area (Å²) in [5, 5.41) is 0. The van der Waals surface area contributed by atoms with Crippen LogP contribution in [-0.2, 0) is 11.5 Å². The lowest BCUT2D eigenvalue weighted by atomic mass is 10.1. The van der Waals surface area contributed by atoms with Gasteiger partial charge in [0.15, 0.2) is 0 Å². The zero-order chi connectivity index (χ0) is 21.3. The molecule has 1 saturated carbocycles. The van der Waals surface area contributed by atoms with Gasteiger partial charge in [-0.1, -0.05) is 19.6 Å². The summed E-state index contributed by atoms with van der Waals surface area (Å²) in [7, 11) is -1.15. The van der Waals surface area contributed by atoms with Crippen molar-refractivity contribution in [2.75, 3.05) is 13.2 Å². The molecule has 5 nitrogen and oxygen atoms in total. The fraction of sp³-hybridized carbons (Fsp3) is 0.478. The molecule has 0 spiro atoms. The van der Waals surface area contributed by atoms with Crippen LogP contribution in [0.5, 0.6) is 5.75 Å². The van der Waals surface area contributed by atoms with Gasteiger partial charge in [-0.2, -0.15) is 0 Å². The minimum Gasteiger partial charge on any atom is -0.493 e. The number of halogens is 1. The van der Waals surface area contributed by atoms with E-state index in [2.05, 4.69) is 34.2 Å². The maximum absolute atomic E-state index is 14.2. The standard InChI is InChI=1S/C23H30FN3O2Si/c1-16-11-20-23(27(16)15-28-9-10-30(2,3)4)22(26-14-25-20)19-12-18(24)7-8-21(19)29-13-17-5-6-17/h7-8,11-12,14,17H,5-6,9-10,13,15H2,1-4H3. The third-order valence-corrected chi connectivity index (χ3v) is 7.18. The van der Waals surface area contributed by atoms with Crippen molar-refractivity contribution in [1.82, 2.24) is 14.5 Å². The second kappa shape index (κ2) is 8.47. The fourth-order valence-electron chi connectivity index (χ4n) is 3.42. The number of nitrogens with zero attached hydrogens (tertiary/aromatic N) is 3. The molecule has 7 heteroatoms. The summed E-state index contributed by atoms with van der Waals surface area (Å²) in [5.74, 6) is 0.962. The van der Waals surface area contributed by atoms with Crippen LogP contribution in [0.4, 0.5) is 4.39 Å². The van der Waals surface area contributed by atoms with Crippen LogP contribution >= 0.6 is 0 Å². The van der Waals surface area contributed by atoms with Gasteiger partial charge in [0.1, 0.15) is 30.3 Å². The van der Waals surface area contributed by atoms with Gasteiger partial charge in [0.25, 0.3) is 0 Å². The Hall–Kier alpha value is -2.25. The first-order valence-electron chi connectivity index (χ1n) is 10.6. The molecule has 0 bridgehead atoms. The van der Waals surface area contributed by atoms with E-state index in [9.17, 15) is 4.39 Å². The van der Waals surface area contributed by atoms with E-state index in [0.29, 0.717) is 36.3 Å². The Balaban J connectivity index is 1.68. The number of aryl methyl sites for hydroxylation is 1. The summed E-state index contributed by atoms with van der Waals surface area (Å²) >= 11 is 0. The molecule has 1 fully saturated rings. The quantitative estimate of drug-likeness (QED) is 0.327. The molecule has 1 aliphatic carbocycles. The number of hydrogen-bond acceptors (Lipinski definition) is 4. The monoisotopic (exact) mass is 427 g/mol. The zero-order valence-electron chi connectivity index (χ0n) is 18.2. The number of rotatable bonds is 9. The van der Waals surface area contributed by atoms with E-state index in [0.717, 1.165) is 29.4 Å². The van der Waals surface area contributed by atoms with E-state index in [4.69, 9.17) is 9.47 Å². The Morgan fingerprint density at radius 3 is 2.70 bits per heavy atom. The van der Waals surface area contributed by atoms with Crippen molar-refractivity contribution >= 4 is 19.1 Å². The molecule has 0 aliphatic heterocycles. The average Bonchev–Trinajstić information content (AvgIpc) is 3.45. The molecule has 0 unspecified atom stereocenters. The molecule has 1 aromatic carbocycles. The normalized spacial score (nSPS) is 14.4. The summed E-state index contributed by atoms with van der Waals surface area (Å²) in [6.45, 7) is 10.9. The van der Waals surface area contributed by atoms with Crippen LogP contribution in [0.15, 0.2) is 30.6 Å². The van der Waals surface area contributed by atoms with Crippen LogP contribution in [0.1, 0.15) is 18.5 Å². The second-order valence-electron chi connectivity index (χ2n) is 9.41. The topological polar surface area (TPSA) is 49.2 Å². The van der Waals surface area contributed by atoms with Gasteiger partial charge in [-0.15, -0.1) is 0 Å². The van der Waals surface area contributed by atoms with Crippen LogP contribution in [0.3, 0.4) is 0 Å². The number of hydrogen-bond donors (Lipinski definition) is 0. The molecule has 0 N–H and O–H groups in total. The molecule has 4 rings (SSSR count). The van der Waals surface area contributed by atoms with Crippen molar-refractivity contribution < 1.29 is 13.9 Å². The lowest BCUT2D eigenvalue weighted by molar-refractivity contribution is 0.0890. The summed E-state index contributed by atoms with van der Waals surface area (Å²) in [5.41, 5.74) is 4.04. The van der Waals surface area contributed by atoms with Crippen molar-refractivity contribution in [2.45, 2.75) is 52.2 Å². The van der Waals surface area contributed by atoms with Crippen LogP contribution in [-0.4, -0.2) is 35.8 Å². The average molecular weight is 428 g/mol. The fourth-order valence-corrected chi connectivity index (χ4v) is 4.18. The minimum atomic E-state index is -1.15. The van der Waals surface area contributed by atoms with Gasteiger partial charge < -0.3 is 14.0 Å². The summed E-state index contributed by atoms with van der Waals surface area (Å²) in [6.07, 6.45) is 3.93. The Morgan fingerprint density at radius 1 is 1.17 bits per heavy atom. The predicted octanol–water partition coefficient (Wildman–Crippen LogP) is 5.65. The van der Waals surface area contributed by atoms with Crippen LogP contribution in [0, 0.1) is 18.7 Å². The molecular formula is C23H30FN3O2Si. The van der Waals surface area contributed by atoms with E-state index in [1.807, 2.05) is 13.0 Å². The smallest absolute Gasteiger partial charge is 0.128 e. The molecule has 0 radical (unpaired) electrons. The Morgan fingerprint density at radius 2 is 1.97 bits per heavy atom. The maximum atomic E-state index is 14.2. The zero-order valence-corrected chi connectivity index (χ0v) is 19.2. The van der Waals surface area contributed by atoms with Gasteiger partial charge in [0, 0.05) is 25.9 Å². The van der Waals surface area contributed by atoms with Crippen molar-refractivity contribution in [3.05, 3.63) is 42.1 Å². The van der Waals surface area contributed by atoms with Crippen LogP contribution in [0.2, 0.25) is 25.7 Å². The van der Waals surface area contributed by atoms with Gasteiger partial charge in [-0.25, -0.2) is 14.4 Å². The minimum absolute atomic E-state index is 0.309. The number of benzene rings is 1. The van der Waals surface area contributed by atoms with E-state index in [-0.39, 0.29) is 5.82 Å². The Bertz CT molecular complexity index is 1040. The van der Waals surface area contributed by atoms with Crippen molar-refractivity contribution in [3.8, 4) is 17.0 Å². The molecule has 0 atom stereocenters. The molecule has 30 heavy (non-hydrogen) atoms. The van der Waals surface area contributed by atoms with Crippen LogP contribution < -0.4 is 4.74 Å². The molecule has 1 aliphatic rings.